The first-order valence-corrected chi connectivity index (χ1v) is 4.24. The fourth-order valence-electron chi connectivity index (χ4n) is 0.824. The molecule has 0 aromatic heterocycles. The highest BCUT2D eigenvalue weighted by molar-refractivity contribution is 6.32. The molecular weight excluding hydrogens is 195 g/mol. The van der Waals surface area contributed by atoms with Crippen LogP contribution >= 0.6 is 11.6 Å². The van der Waals surface area contributed by atoms with Crippen LogP contribution in [0.2, 0.25) is 5.02 Å². The van der Waals surface area contributed by atoms with Crippen LogP contribution in [0.3, 0.4) is 0 Å². The van der Waals surface area contributed by atoms with Crippen LogP contribution in [0.4, 0.5) is 4.39 Å². The molecule has 0 fully saturated rings. The van der Waals surface area contributed by atoms with Crippen LogP contribution < -0.4 is 4.74 Å². The van der Waals surface area contributed by atoms with Gasteiger partial charge >= 0.3 is 0 Å². The predicted molar refractivity (Wildman–Crippen MR) is 48.6 cm³/mol. The number of aliphatic hydroxyl groups is 1. The van der Waals surface area contributed by atoms with Crippen LogP contribution in [0.25, 0.3) is 0 Å². The lowest BCUT2D eigenvalue weighted by Crippen LogP contribution is -2.13. The summed E-state index contributed by atoms with van der Waals surface area (Å²) in [7, 11) is 0. The lowest BCUT2D eigenvalue weighted by Gasteiger charge is -2.09. The Bertz CT molecular complexity index is 269. The van der Waals surface area contributed by atoms with E-state index in [9.17, 15) is 4.39 Å². The fraction of sp³-hybridized carbons (Fsp3) is 0.333. The number of halogens is 2. The Hall–Kier alpha value is -0.800. The fourth-order valence-corrected chi connectivity index (χ4v) is 1.04. The predicted octanol–water partition coefficient (Wildman–Crippen LogP) is 2.24. The molecule has 0 aliphatic carbocycles. The number of hydrogen-bond acceptors (Lipinski definition) is 2. The minimum absolute atomic E-state index is 0.00920. The van der Waals surface area contributed by atoms with Gasteiger partial charge in [-0.1, -0.05) is 17.7 Å². The number of hydrogen-bond donors (Lipinski definition) is 1. The van der Waals surface area contributed by atoms with Crippen molar-refractivity contribution in [1.82, 2.24) is 0 Å². The molecule has 4 heteroatoms. The maximum atomic E-state index is 13.0. The lowest BCUT2D eigenvalue weighted by atomic mass is 10.3. The molecule has 0 radical (unpaired) electrons. The van der Waals surface area contributed by atoms with E-state index in [1.807, 2.05) is 0 Å². The van der Waals surface area contributed by atoms with Crippen molar-refractivity contribution in [2.45, 2.75) is 13.0 Å². The second kappa shape index (κ2) is 4.44. The third kappa shape index (κ3) is 2.86. The zero-order valence-corrected chi connectivity index (χ0v) is 7.88. The highest BCUT2D eigenvalue weighted by atomic mass is 35.5. The van der Waals surface area contributed by atoms with E-state index in [4.69, 9.17) is 21.4 Å². The zero-order chi connectivity index (χ0) is 9.84. The van der Waals surface area contributed by atoms with Crippen molar-refractivity contribution >= 4 is 11.6 Å². The van der Waals surface area contributed by atoms with E-state index in [1.54, 1.807) is 6.92 Å². The Labute approximate surface area is 80.9 Å². The molecule has 0 heterocycles. The van der Waals surface area contributed by atoms with E-state index in [0.717, 1.165) is 0 Å². The van der Waals surface area contributed by atoms with Crippen molar-refractivity contribution in [3.63, 3.8) is 0 Å². The van der Waals surface area contributed by atoms with Crippen LogP contribution in [-0.4, -0.2) is 17.8 Å². The van der Waals surface area contributed by atoms with Gasteiger partial charge in [0.25, 0.3) is 0 Å². The van der Waals surface area contributed by atoms with Crippen molar-refractivity contribution in [3.8, 4) is 5.75 Å². The maximum absolute atomic E-state index is 13.0. The van der Waals surface area contributed by atoms with Crippen molar-refractivity contribution in [3.05, 3.63) is 29.0 Å². The number of ether oxygens (including phenoxy) is 1. The quantitative estimate of drug-likeness (QED) is 0.818. The molecule has 0 saturated heterocycles. The molecule has 2 nitrogen and oxygen atoms in total. The second-order valence-electron chi connectivity index (χ2n) is 2.71. The van der Waals surface area contributed by atoms with Gasteiger partial charge < -0.3 is 9.84 Å². The van der Waals surface area contributed by atoms with Crippen molar-refractivity contribution in [1.29, 1.82) is 0 Å². The molecule has 0 bridgehead atoms. The minimum atomic E-state index is -0.643. The van der Waals surface area contributed by atoms with Gasteiger partial charge in [-0.25, -0.2) is 4.39 Å². The molecule has 0 aliphatic rings. The van der Waals surface area contributed by atoms with Crippen LogP contribution in [0.5, 0.6) is 5.75 Å². The third-order valence-corrected chi connectivity index (χ3v) is 1.69. The summed E-state index contributed by atoms with van der Waals surface area (Å²) < 4.78 is 18.0. The molecule has 0 aliphatic heterocycles. The molecule has 1 atom stereocenters. The average molecular weight is 205 g/mol. The largest absolute Gasteiger partial charge is 0.486 e. The Balaban J connectivity index is 2.75. The monoisotopic (exact) mass is 204 g/mol. The summed E-state index contributed by atoms with van der Waals surface area (Å²) in [5.74, 6) is -0.529. The first-order valence-electron chi connectivity index (χ1n) is 3.86. The Morgan fingerprint density at radius 1 is 1.62 bits per heavy atom. The van der Waals surface area contributed by atoms with Gasteiger partial charge in [-0.15, -0.1) is 0 Å². The van der Waals surface area contributed by atoms with E-state index in [-0.39, 0.29) is 17.4 Å². The molecule has 1 N–H and O–H groups in total. The molecule has 0 saturated carbocycles. The zero-order valence-electron chi connectivity index (χ0n) is 7.13. The summed E-state index contributed by atoms with van der Waals surface area (Å²) >= 11 is 5.67. The highest BCUT2D eigenvalue weighted by Crippen LogP contribution is 2.27. The standard InChI is InChI=1S/C9H10ClFO2/c1-6(12)5-13-9-7(10)3-2-4-8(9)11/h2-4,6,12H,5H2,1H3. The van der Waals surface area contributed by atoms with Gasteiger partial charge in [0, 0.05) is 0 Å². The normalized spacial score (nSPS) is 12.6. The van der Waals surface area contributed by atoms with Crippen molar-refractivity contribution in [2.24, 2.45) is 0 Å². The van der Waals surface area contributed by atoms with Gasteiger partial charge in [-0.3, -0.25) is 0 Å². The topological polar surface area (TPSA) is 29.5 Å². The molecule has 0 amide bonds. The van der Waals surface area contributed by atoms with Gasteiger partial charge in [0.15, 0.2) is 11.6 Å². The molecule has 1 aromatic carbocycles. The average Bonchev–Trinajstić information content (AvgIpc) is 2.03. The molecule has 13 heavy (non-hydrogen) atoms. The first-order chi connectivity index (χ1) is 6.11. The van der Waals surface area contributed by atoms with Gasteiger partial charge in [-0.2, -0.15) is 0 Å². The van der Waals surface area contributed by atoms with Crippen LogP contribution in [-0.2, 0) is 0 Å². The lowest BCUT2D eigenvalue weighted by molar-refractivity contribution is 0.120. The van der Waals surface area contributed by atoms with Gasteiger partial charge in [-0.05, 0) is 19.1 Å². The molecule has 1 aromatic rings. The Morgan fingerprint density at radius 2 is 2.31 bits per heavy atom. The molecule has 1 rings (SSSR count). The number of rotatable bonds is 3. The van der Waals surface area contributed by atoms with E-state index < -0.39 is 11.9 Å². The second-order valence-corrected chi connectivity index (χ2v) is 3.12. The number of aliphatic hydroxyl groups excluding tert-OH is 1. The van der Waals surface area contributed by atoms with E-state index >= 15 is 0 Å². The summed E-state index contributed by atoms with van der Waals surface area (Å²) in [6.45, 7) is 1.58. The third-order valence-electron chi connectivity index (χ3n) is 1.39. The molecule has 1 unspecified atom stereocenters. The summed E-state index contributed by atoms with van der Waals surface area (Å²) in [4.78, 5) is 0. The smallest absolute Gasteiger partial charge is 0.173 e. The number of benzene rings is 1. The SMILES string of the molecule is CC(O)COc1c(F)cccc1Cl. The van der Waals surface area contributed by atoms with Crippen LogP contribution in [0, 0.1) is 5.82 Å². The Kier molecular flexibility index (Phi) is 3.51. The summed E-state index contributed by atoms with van der Waals surface area (Å²) in [6, 6.07) is 4.28. The van der Waals surface area contributed by atoms with Gasteiger partial charge in [0.05, 0.1) is 11.1 Å². The first kappa shape index (κ1) is 10.3. The summed E-state index contributed by atoms with van der Waals surface area (Å²) in [6.07, 6.45) is -0.643. The van der Waals surface area contributed by atoms with E-state index in [2.05, 4.69) is 0 Å². The molecule has 72 valence electrons. The molecule has 0 spiro atoms. The minimum Gasteiger partial charge on any atom is -0.486 e. The summed E-state index contributed by atoms with van der Waals surface area (Å²) in [5.41, 5.74) is 0. The van der Waals surface area contributed by atoms with Gasteiger partial charge in [0.1, 0.15) is 6.61 Å². The number of para-hydroxylation sites is 1. The maximum Gasteiger partial charge on any atom is 0.173 e. The highest BCUT2D eigenvalue weighted by Gasteiger charge is 2.08. The van der Waals surface area contributed by atoms with Crippen molar-refractivity contribution < 1.29 is 14.2 Å². The van der Waals surface area contributed by atoms with Crippen LogP contribution in [0.1, 0.15) is 6.92 Å². The van der Waals surface area contributed by atoms with Crippen molar-refractivity contribution in [2.75, 3.05) is 6.61 Å². The van der Waals surface area contributed by atoms with E-state index in [1.165, 1.54) is 18.2 Å². The Morgan fingerprint density at radius 3 is 2.85 bits per heavy atom. The van der Waals surface area contributed by atoms with Gasteiger partial charge in [0.2, 0.25) is 0 Å². The van der Waals surface area contributed by atoms with Crippen LogP contribution in [0.15, 0.2) is 18.2 Å². The molecular formula is C9H10ClFO2. The van der Waals surface area contributed by atoms with E-state index in [0.29, 0.717) is 0 Å². The summed E-state index contributed by atoms with van der Waals surface area (Å²) in [5, 5.41) is 9.11.